The Hall–Kier alpha value is -3.52. The molecular weight excluding hydrogens is 496 g/mol. The molecular formula is C23H24F4N8O2. The number of hydrogen-bond acceptors (Lipinski definition) is 8. The zero-order valence-corrected chi connectivity index (χ0v) is 20.0. The molecule has 4 aromatic rings. The van der Waals surface area contributed by atoms with E-state index in [1.54, 1.807) is 30.0 Å². The fourth-order valence-corrected chi connectivity index (χ4v) is 5.14. The van der Waals surface area contributed by atoms with Crippen molar-refractivity contribution in [3.05, 3.63) is 29.7 Å². The quantitative estimate of drug-likeness (QED) is 0.387. The average molecular weight is 520 g/mol. The second-order valence-electron chi connectivity index (χ2n) is 9.49. The number of fused-ring (bicyclic) bond motifs is 2. The highest BCUT2D eigenvalue weighted by Crippen LogP contribution is 2.47. The molecule has 3 aromatic heterocycles. The van der Waals surface area contributed by atoms with E-state index in [1.807, 2.05) is 0 Å². The van der Waals surface area contributed by atoms with E-state index in [0.29, 0.717) is 29.8 Å². The van der Waals surface area contributed by atoms with Gasteiger partial charge in [0.15, 0.2) is 5.82 Å². The molecule has 2 aliphatic heterocycles. The van der Waals surface area contributed by atoms with E-state index in [0.717, 1.165) is 4.52 Å². The number of rotatable bonds is 6. The summed E-state index contributed by atoms with van der Waals surface area (Å²) in [6, 6.07) is 4.03. The summed E-state index contributed by atoms with van der Waals surface area (Å²) in [6.45, 7) is 1.05. The number of benzene rings is 1. The van der Waals surface area contributed by atoms with Crippen LogP contribution in [0.1, 0.15) is 24.6 Å². The van der Waals surface area contributed by atoms with E-state index >= 15 is 13.2 Å². The summed E-state index contributed by atoms with van der Waals surface area (Å²) in [6.07, 6.45) is 0. The van der Waals surface area contributed by atoms with Crippen LogP contribution in [0.15, 0.2) is 18.2 Å². The van der Waals surface area contributed by atoms with Crippen LogP contribution < -0.4 is 10.5 Å². The third-order valence-corrected chi connectivity index (χ3v) is 7.14. The first-order valence-electron chi connectivity index (χ1n) is 11.8. The van der Waals surface area contributed by atoms with E-state index in [-0.39, 0.29) is 41.2 Å². The lowest BCUT2D eigenvalue weighted by atomic mass is 9.98. The Morgan fingerprint density at radius 1 is 1.30 bits per heavy atom. The molecule has 14 heteroatoms. The Labute approximate surface area is 207 Å². The van der Waals surface area contributed by atoms with Crippen LogP contribution in [0.3, 0.4) is 0 Å². The van der Waals surface area contributed by atoms with Gasteiger partial charge in [-0.2, -0.15) is 4.98 Å². The highest BCUT2D eigenvalue weighted by Gasteiger charge is 2.54. The van der Waals surface area contributed by atoms with Crippen LogP contribution in [0.5, 0.6) is 5.88 Å². The molecule has 10 nitrogen and oxygen atoms in total. The molecule has 37 heavy (non-hydrogen) atoms. The van der Waals surface area contributed by atoms with Gasteiger partial charge in [0.05, 0.1) is 61.6 Å². The van der Waals surface area contributed by atoms with E-state index in [4.69, 9.17) is 15.2 Å². The van der Waals surface area contributed by atoms with E-state index in [1.165, 1.54) is 11.8 Å². The third-order valence-electron chi connectivity index (χ3n) is 7.14. The Morgan fingerprint density at radius 2 is 2.08 bits per heavy atom. The van der Waals surface area contributed by atoms with Crippen molar-refractivity contribution in [2.24, 2.45) is 0 Å². The zero-order chi connectivity index (χ0) is 26.1. The minimum Gasteiger partial charge on any atom is -0.479 e. The number of halogens is 4. The SMILES string of the molecule is COc1nc(N)nn2c([C@H]3CN(C4COC4)CC3(F)F)c(F)c(-c3ccc4nnn([C@@H](C)CF)c4c3)c12. The van der Waals surface area contributed by atoms with Crippen LogP contribution in [-0.4, -0.2) is 86.5 Å². The van der Waals surface area contributed by atoms with Gasteiger partial charge in [-0.25, -0.2) is 26.8 Å². The maximum atomic E-state index is 16.4. The van der Waals surface area contributed by atoms with Gasteiger partial charge in [0, 0.05) is 6.54 Å². The molecule has 1 aromatic carbocycles. The molecule has 5 heterocycles. The van der Waals surface area contributed by atoms with Crippen molar-refractivity contribution in [2.45, 2.75) is 30.8 Å². The molecule has 2 atom stereocenters. The van der Waals surface area contributed by atoms with Crippen LogP contribution in [-0.2, 0) is 4.74 Å². The summed E-state index contributed by atoms with van der Waals surface area (Å²) < 4.78 is 73.6. The van der Waals surface area contributed by atoms with Crippen molar-refractivity contribution in [1.82, 2.24) is 34.5 Å². The highest BCUT2D eigenvalue weighted by molar-refractivity contribution is 5.90. The van der Waals surface area contributed by atoms with Gasteiger partial charge < -0.3 is 15.2 Å². The Bertz CT molecular complexity index is 1500. The number of hydrogen-bond donors (Lipinski definition) is 1. The molecule has 0 spiro atoms. The predicted octanol–water partition coefficient (Wildman–Crippen LogP) is 2.83. The minimum atomic E-state index is -3.24. The first-order valence-corrected chi connectivity index (χ1v) is 11.8. The second-order valence-corrected chi connectivity index (χ2v) is 9.49. The summed E-state index contributed by atoms with van der Waals surface area (Å²) >= 11 is 0. The summed E-state index contributed by atoms with van der Waals surface area (Å²) in [7, 11) is 1.32. The molecule has 2 aliphatic rings. The largest absolute Gasteiger partial charge is 0.479 e. The van der Waals surface area contributed by atoms with Gasteiger partial charge in [-0.3, -0.25) is 4.90 Å². The number of methoxy groups -OCH3 is 1. The van der Waals surface area contributed by atoms with Crippen molar-refractivity contribution >= 4 is 22.5 Å². The van der Waals surface area contributed by atoms with Crippen molar-refractivity contribution in [3.63, 3.8) is 0 Å². The molecule has 2 saturated heterocycles. The topological polar surface area (TPSA) is 109 Å². The van der Waals surface area contributed by atoms with Gasteiger partial charge in [-0.15, -0.1) is 10.2 Å². The lowest BCUT2D eigenvalue weighted by Gasteiger charge is -2.34. The molecule has 2 N–H and O–H groups in total. The van der Waals surface area contributed by atoms with E-state index < -0.39 is 36.9 Å². The van der Waals surface area contributed by atoms with Crippen molar-refractivity contribution in [3.8, 4) is 17.0 Å². The average Bonchev–Trinajstić information content (AvgIpc) is 3.47. The summed E-state index contributed by atoms with van der Waals surface area (Å²) in [5.41, 5.74) is 6.82. The first kappa shape index (κ1) is 23.9. The van der Waals surface area contributed by atoms with Crippen molar-refractivity contribution in [1.29, 1.82) is 0 Å². The fourth-order valence-electron chi connectivity index (χ4n) is 5.14. The maximum absolute atomic E-state index is 16.4. The number of nitrogen functional groups attached to an aromatic ring is 1. The Morgan fingerprint density at radius 3 is 2.76 bits per heavy atom. The number of nitrogens with zero attached hydrogens (tertiary/aromatic N) is 7. The molecule has 0 bridgehead atoms. The van der Waals surface area contributed by atoms with Crippen LogP contribution in [0.25, 0.3) is 27.7 Å². The van der Waals surface area contributed by atoms with Gasteiger partial charge in [-0.1, -0.05) is 11.3 Å². The zero-order valence-electron chi connectivity index (χ0n) is 20.0. The second kappa shape index (κ2) is 8.52. The predicted molar refractivity (Wildman–Crippen MR) is 125 cm³/mol. The van der Waals surface area contributed by atoms with Gasteiger partial charge in [0.1, 0.15) is 17.7 Å². The van der Waals surface area contributed by atoms with Crippen LogP contribution in [0, 0.1) is 5.82 Å². The minimum absolute atomic E-state index is 0.0318. The molecule has 196 valence electrons. The first-order chi connectivity index (χ1) is 17.7. The molecule has 0 aliphatic carbocycles. The molecule has 2 fully saturated rings. The number of aromatic nitrogens is 6. The van der Waals surface area contributed by atoms with Crippen molar-refractivity contribution < 1.29 is 27.0 Å². The van der Waals surface area contributed by atoms with Gasteiger partial charge in [0.25, 0.3) is 5.92 Å². The van der Waals surface area contributed by atoms with Crippen LogP contribution >= 0.6 is 0 Å². The standard InChI is InChI=1S/C23H24F4N8O2/c1-11(6-24)34-16-5-12(3-4-15(16)30-32-34)17-18(25)19(35-20(17)21(36-2)29-22(28)31-35)14-7-33(10-23(14,26)27)13-8-37-9-13/h3-5,11,13-14H,6-10H2,1-2H3,(H2,28,31)/t11-,14+/m0/s1. The third kappa shape index (κ3) is 3.61. The molecule has 0 amide bonds. The maximum Gasteiger partial charge on any atom is 0.270 e. The van der Waals surface area contributed by atoms with E-state index in [9.17, 15) is 4.39 Å². The van der Waals surface area contributed by atoms with E-state index in [2.05, 4.69) is 20.4 Å². The molecule has 0 unspecified atom stereocenters. The molecule has 0 saturated carbocycles. The van der Waals surface area contributed by atoms with Gasteiger partial charge >= 0.3 is 0 Å². The number of ether oxygens (including phenoxy) is 2. The smallest absolute Gasteiger partial charge is 0.270 e. The Balaban J connectivity index is 1.58. The van der Waals surface area contributed by atoms with Gasteiger partial charge in [0.2, 0.25) is 11.8 Å². The monoisotopic (exact) mass is 520 g/mol. The van der Waals surface area contributed by atoms with Crippen LogP contribution in [0.4, 0.5) is 23.5 Å². The number of nitrogens with two attached hydrogens (primary N) is 1. The lowest BCUT2D eigenvalue weighted by Crippen LogP contribution is -2.48. The molecule has 6 rings (SSSR count). The number of anilines is 1. The fraction of sp³-hybridized carbons (Fsp3) is 0.478. The molecule has 0 radical (unpaired) electrons. The van der Waals surface area contributed by atoms with Crippen LogP contribution in [0.2, 0.25) is 0 Å². The summed E-state index contributed by atoms with van der Waals surface area (Å²) in [5.74, 6) is -5.95. The summed E-state index contributed by atoms with van der Waals surface area (Å²) in [5, 5.41) is 12.2. The van der Waals surface area contributed by atoms with Crippen molar-refractivity contribution in [2.75, 3.05) is 45.8 Å². The van der Waals surface area contributed by atoms with Gasteiger partial charge in [-0.05, 0) is 24.6 Å². The summed E-state index contributed by atoms with van der Waals surface area (Å²) in [4.78, 5) is 5.68. The highest BCUT2D eigenvalue weighted by atomic mass is 19.3. The Kier molecular flexibility index (Phi) is 5.49. The lowest BCUT2D eigenvalue weighted by molar-refractivity contribution is -0.0715. The normalized spacial score (nSPS) is 21.1. The number of alkyl halides is 3. The number of likely N-dealkylation sites (tertiary alicyclic amines) is 1.